The average molecular weight is 230 g/mol. The van der Waals surface area contributed by atoms with E-state index in [1.54, 1.807) is 0 Å². The first-order chi connectivity index (χ1) is 8.08. The summed E-state index contributed by atoms with van der Waals surface area (Å²) in [6.07, 6.45) is 5.04. The van der Waals surface area contributed by atoms with Gasteiger partial charge in [0.05, 0.1) is 5.60 Å². The van der Waals surface area contributed by atoms with Crippen LogP contribution < -0.4 is 0 Å². The Morgan fingerprint density at radius 2 is 1.59 bits per heavy atom. The number of hydrogen-bond acceptors (Lipinski definition) is 1. The Balaban J connectivity index is 1.94. The third-order valence-corrected chi connectivity index (χ3v) is 5.28. The van der Waals surface area contributed by atoms with Gasteiger partial charge in [0.2, 0.25) is 0 Å². The van der Waals surface area contributed by atoms with Gasteiger partial charge in [-0.3, -0.25) is 0 Å². The molecule has 1 aromatic carbocycles. The van der Waals surface area contributed by atoms with Gasteiger partial charge in [-0.25, -0.2) is 0 Å². The summed E-state index contributed by atoms with van der Waals surface area (Å²) < 4.78 is 0. The predicted octanol–water partition coefficient (Wildman–Crippen LogP) is 3.52. The van der Waals surface area contributed by atoms with Crippen LogP contribution in [0.25, 0.3) is 0 Å². The smallest absolute Gasteiger partial charge is 0.0801 e. The number of hydrogen-bond donors (Lipinski definition) is 1. The minimum atomic E-state index is -0.454. The fourth-order valence-corrected chi connectivity index (χ4v) is 4.11. The van der Waals surface area contributed by atoms with E-state index in [1.807, 2.05) is 6.07 Å². The Morgan fingerprint density at radius 3 is 2.12 bits per heavy atom. The lowest BCUT2D eigenvalue weighted by Crippen LogP contribution is -2.38. The molecule has 92 valence electrons. The molecule has 0 amide bonds. The Labute approximate surface area is 104 Å². The average Bonchev–Trinajstić information content (AvgIpc) is 2.99. The predicted molar refractivity (Wildman–Crippen MR) is 69.9 cm³/mol. The normalized spacial score (nSPS) is 36.4. The van der Waals surface area contributed by atoms with Gasteiger partial charge >= 0.3 is 0 Å². The van der Waals surface area contributed by atoms with Crippen LogP contribution in [0.2, 0.25) is 0 Å². The molecule has 0 heterocycles. The largest absolute Gasteiger partial charge is 0.388 e. The van der Waals surface area contributed by atoms with Gasteiger partial charge in [0.1, 0.15) is 0 Å². The van der Waals surface area contributed by atoms with E-state index in [-0.39, 0.29) is 5.41 Å². The fourth-order valence-electron chi connectivity index (χ4n) is 4.11. The second-order valence-electron chi connectivity index (χ2n) is 6.31. The first-order valence-electron chi connectivity index (χ1n) is 6.86. The van der Waals surface area contributed by atoms with Gasteiger partial charge in [-0.15, -0.1) is 0 Å². The van der Waals surface area contributed by atoms with Crippen molar-refractivity contribution in [2.75, 3.05) is 0 Å². The van der Waals surface area contributed by atoms with Gasteiger partial charge in [0.15, 0.2) is 0 Å². The van der Waals surface area contributed by atoms with Gasteiger partial charge in [-0.1, -0.05) is 57.0 Å². The third-order valence-electron chi connectivity index (χ3n) is 5.28. The number of fused-ring (bicyclic) bond motifs is 1. The van der Waals surface area contributed by atoms with Crippen LogP contribution >= 0.6 is 0 Å². The monoisotopic (exact) mass is 230 g/mol. The first kappa shape index (κ1) is 11.3. The molecular formula is C16H22O. The molecule has 1 heteroatoms. The maximum absolute atomic E-state index is 11.1. The quantitative estimate of drug-likeness (QED) is 0.824. The van der Waals surface area contributed by atoms with E-state index in [0.29, 0.717) is 11.8 Å². The standard InChI is InChI=1S/C16H22O/c1-15(2,12-8-4-3-5-9-12)16(17)13-10-6-7-11-14(13)16/h3-5,8-9,13-14,17H,6-7,10-11H2,1-2H3. The molecule has 17 heavy (non-hydrogen) atoms. The van der Waals surface area contributed by atoms with Crippen LogP contribution in [0.15, 0.2) is 30.3 Å². The van der Waals surface area contributed by atoms with Crippen LogP contribution in [0.5, 0.6) is 0 Å². The molecular weight excluding hydrogens is 208 g/mol. The zero-order valence-corrected chi connectivity index (χ0v) is 10.8. The van der Waals surface area contributed by atoms with Crippen LogP contribution in [0.3, 0.4) is 0 Å². The van der Waals surface area contributed by atoms with Crippen molar-refractivity contribution in [3.05, 3.63) is 35.9 Å². The SMILES string of the molecule is CC(C)(c1ccccc1)C1(O)C2CCCCC21. The van der Waals surface area contributed by atoms with Crippen molar-refractivity contribution in [1.82, 2.24) is 0 Å². The van der Waals surface area contributed by atoms with E-state index >= 15 is 0 Å². The Kier molecular flexibility index (Phi) is 2.38. The summed E-state index contributed by atoms with van der Waals surface area (Å²) in [4.78, 5) is 0. The van der Waals surface area contributed by atoms with Gasteiger partial charge in [0.25, 0.3) is 0 Å². The minimum absolute atomic E-state index is 0.117. The molecule has 1 aromatic rings. The molecule has 0 aromatic heterocycles. The van der Waals surface area contributed by atoms with Gasteiger partial charge in [0, 0.05) is 5.41 Å². The van der Waals surface area contributed by atoms with Crippen molar-refractivity contribution >= 4 is 0 Å². The summed E-state index contributed by atoms with van der Waals surface area (Å²) in [7, 11) is 0. The summed E-state index contributed by atoms with van der Waals surface area (Å²) in [6, 6.07) is 10.5. The van der Waals surface area contributed by atoms with Crippen LogP contribution in [-0.4, -0.2) is 10.7 Å². The van der Waals surface area contributed by atoms with E-state index in [1.165, 1.54) is 31.2 Å². The maximum atomic E-state index is 11.1. The molecule has 0 spiro atoms. The van der Waals surface area contributed by atoms with E-state index in [9.17, 15) is 5.11 Å². The molecule has 2 saturated carbocycles. The molecule has 2 fully saturated rings. The summed E-state index contributed by atoms with van der Waals surface area (Å²) >= 11 is 0. The van der Waals surface area contributed by atoms with E-state index in [4.69, 9.17) is 0 Å². The van der Waals surface area contributed by atoms with Crippen molar-refractivity contribution in [2.24, 2.45) is 11.8 Å². The fraction of sp³-hybridized carbons (Fsp3) is 0.625. The van der Waals surface area contributed by atoms with Gasteiger partial charge in [-0.05, 0) is 30.2 Å². The van der Waals surface area contributed by atoms with Gasteiger partial charge < -0.3 is 5.11 Å². The molecule has 3 rings (SSSR count). The van der Waals surface area contributed by atoms with Crippen molar-refractivity contribution in [1.29, 1.82) is 0 Å². The zero-order valence-electron chi connectivity index (χ0n) is 10.8. The molecule has 0 aliphatic heterocycles. The molecule has 2 atom stereocenters. The number of rotatable bonds is 2. The summed E-state index contributed by atoms with van der Waals surface area (Å²) in [6.45, 7) is 4.42. The van der Waals surface area contributed by atoms with Gasteiger partial charge in [-0.2, -0.15) is 0 Å². The Morgan fingerprint density at radius 1 is 1.06 bits per heavy atom. The molecule has 0 saturated heterocycles. The highest BCUT2D eigenvalue weighted by Crippen LogP contribution is 2.66. The molecule has 2 aliphatic carbocycles. The molecule has 0 bridgehead atoms. The summed E-state index contributed by atoms with van der Waals surface area (Å²) in [5.74, 6) is 1.10. The maximum Gasteiger partial charge on any atom is 0.0801 e. The number of aliphatic hydroxyl groups is 1. The van der Waals surface area contributed by atoms with Crippen LogP contribution in [-0.2, 0) is 5.41 Å². The summed E-state index contributed by atoms with van der Waals surface area (Å²) in [5, 5.41) is 11.1. The third kappa shape index (κ3) is 1.41. The highest BCUT2D eigenvalue weighted by atomic mass is 16.3. The molecule has 1 nitrogen and oxygen atoms in total. The molecule has 0 radical (unpaired) electrons. The molecule has 2 unspecified atom stereocenters. The second kappa shape index (κ2) is 3.58. The second-order valence-corrected chi connectivity index (χ2v) is 6.31. The highest BCUT2D eigenvalue weighted by molar-refractivity contribution is 5.35. The van der Waals surface area contributed by atoms with Crippen molar-refractivity contribution in [3.63, 3.8) is 0 Å². The lowest BCUT2D eigenvalue weighted by molar-refractivity contribution is 0.0454. The molecule has 1 N–H and O–H groups in total. The van der Waals surface area contributed by atoms with E-state index < -0.39 is 5.60 Å². The lowest BCUT2D eigenvalue weighted by Gasteiger charge is -2.33. The van der Waals surface area contributed by atoms with Crippen molar-refractivity contribution < 1.29 is 5.11 Å². The van der Waals surface area contributed by atoms with Crippen LogP contribution in [0.4, 0.5) is 0 Å². The van der Waals surface area contributed by atoms with Crippen molar-refractivity contribution in [3.8, 4) is 0 Å². The minimum Gasteiger partial charge on any atom is -0.388 e. The van der Waals surface area contributed by atoms with E-state index in [2.05, 4.69) is 38.1 Å². The van der Waals surface area contributed by atoms with Crippen LogP contribution in [0, 0.1) is 11.8 Å². The van der Waals surface area contributed by atoms with E-state index in [0.717, 1.165) is 0 Å². The topological polar surface area (TPSA) is 20.2 Å². The first-order valence-corrected chi connectivity index (χ1v) is 6.86. The number of benzene rings is 1. The lowest BCUT2D eigenvalue weighted by atomic mass is 9.75. The Hall–Kier alpha value is -0.820. The van der Waals surface area contributed by atoms with Crippen LogP contribution in [0.1, 0.15) is 45.1 Å². The Bertz CT molecular complexity index is 395. The zero-order chi connectivity index (χ0) is 12.1. The molecule has 2 aliphatic rings. The van der Waals surface area contributed by atoms with Crippen molar-refractivity contribution in [2.45, 2.75) is 50.5 Å². The summed E-state index contributed by atoms with van der Waals surface area (Å²) in [5.41, 5.74) is 0.704. The highest BCUT2D eigenvalue weighted by Gasteiger charge is 2.70.